The molecule has 1 aromatic carbocycles. The number of nitrogens with one attached hydrogen (secondary N) is 1. The summed E-state index contributed by atoms with van der Waals surface area (Å²) < 4.78 is 43.9. The second-order valence-corrected chi connectivity index (χ2v) is 10.1. The van der Waals surface area contributed by atoms with Crippen LogP contribution in [0.25, 0.3) is 5.65 Å². The summed E-state index contributed by atoms with van der Waals surface area (Å²) in [7, 11) is 1.32. The number of hydrogen-bond acceptors (Lipinski definition) is 4. The molecule has 2 atom stereocenters. The van der Waals surface area contributed by atoms with Crippen LogP contribution in [0.1, 0.15) is 55.7 Å². The third-order valence-corrected chi connectivity index (χ3v) is 7.44. The van der Waals surface area contributed by atoms with Crippen LogP contribution in [0, 0.1) is 13.8 Å². The van der Waals surface area contributed by atoms with Gasteiger partial charge >= 0.3 is 6.18 Å². The van der Waals surface area contributed by atoms with Crippen molar-refractivity contribution in [2.45, 2.75) is 38.4 Å². The minimum atomic E-state index is -4.73. The van der Waals surface area contributed by atoms with Crippen LogP contribution in [0.15, 0.2) is 48.8 Å². The van der Waals surface area contributed by atoms with Crippen molar-refractivity contribution >= 4 is 29.1 Å². The van der Waals surface area contributed by atoms with Gasteiger partial charge in [0, 0.05) is 50.2 Å². The van der Waals surface area contributed by atoms with Crippen molar-refractivity contribution in [1.82, 2.24) is 29.4 Å². The van der Waals surface area contributed by atoms with Crippen LogP contribution in [0.4, 0.5) is 13.2 Å². The monoisotopic (exact) mass is 558 g/mol. The standard InChI is InChI=1S/C27H26ClF3N6O2/c1-15-12-32-24-20(28)11-18(13-37(15)24)26(39)36-10-9-21(19(14-36)17-7-5-4-6-8-17)33-25(38)23-22(27(29,30)31)16(2)34-35(23)3/h4-8,11-13,19,21H,9-10,14H2,1-3H3,(H,33,38)/t19-,21-/m1/s1. The molecule has 4 aromatic rings. The largest absolute Gasteiger partial charge is 0.420 e. The molecule has 1 aliphatic rings. The van der Waals surface area contributed by atoms with Crippen LogP contribution >= 0.6 is 11.6 Å². The molecule has 3 aromatic heterocycles. The molecule has 1 N–H and O–H groups in total. The minimum Gasteiger partial charge on any atom is -0.347 e. The number of amides is 2. The Kier molecular flexibility index (Phi) is 6.88. The van der Waals surface area contributed by atoms with Gasteiger partial charge in [-0.2, -0.15) is 18.3 Å². The van der Waals surface area contributed by atoms with Crippen LogP contribution in [0.2, 0.25) is 5.02 Å². The van der Waals surface area contributed by atoms with Gasteiger partial charge in [-0.15, -0.1) is 0 Å². The summed E-state index contributed by atoms with van der Waals surface area (Å²) in [4.78, 5) is 32.7. The van der Waals surface area contributed by atoms with Gasteiger partial charge in [0.1, 0.15) is 11.3 Å². The van der Waals surface area contributed by atoms with Gasteiger partial charge in [-0.05, 0) is 31.9 Å². The molecule has 0 bridgehead atoms. The zero-order valence-corrected chi connectivity index (χ0v) is 22.2. The fraction of sp³-hybridized carbons (Fsp3) is 0.333. The second kappa shape index (κ2) is 10.0. The average molecular weight is 559 g/mol. The fourth-order valence-corrected chi connectivity index (χ4v) is 5.56. The van der Waals surface area contributed by atoms with E-state index in [2.05, 4.69) is 15.4 Å². The molecule has 12 heteroatoms. The van der Waals surface area contributed by atoms with Crippen molar-refractivity contribution < 1.29 is 22.8 Å². The zero-order chi connectivity index (χ0) is 28.1. The number of rotatable bonds is 4. The highest BCUT2D eigenvalue weighted by Crippen LogP contribution is 2.35. The first-order valence-electron chi connectivity index (χ1n) is 12.3. The summed E-state index contributed by atoms with van der Waals surface area (Å²) in [5.74, 6) is -1.45. The summed E-state index contributed by atoms with van der Waals surface area (Å²) in [5.41, 5.74) is 0.780. The summed E-state index contributed by atoms with van der Waals surface area (Å²) >= 11 is 6.39. The predicted molar refractivity (Wildman–Crippen MR) is 139 cm³/mol. The van der Waals surface area contributed by atoms with Gasteiger partial charge < -0.3 is 14.6 Å². The van der Waals surface area contributed by atoms with Crippen LogP contribution in [0.3, 0.4) is 0 Å². The molecular formula is C27H26ClF3N6O2. The SMILES string of the molecule is Cc1nn(C)c(C(=O)N[C@@H]2CCN(C(=O)c3cc(Cl)c4ncc(C)n4c3)C[C@@H]2c2ccccc2)c1C(F)(F)F. The van der Waals surface area contributed by atoms with E-state index in [4.69, 9.17) is 11.6 Å². The van der Waals surface area contributed by atoms with Crippen LogP contribution in [-0.2, 0) is 13.2 Å². The lowest BCUT2D eigenvalue weighted by Gasteiger charge is -2.39. The van der Waals surface area contributed by atoms with E-state index in [-0.39, 0.29) is 24.1 Å². The Morgan fingerprint density at radius 3 is 2.56 bits per heavy atom. The van der Waals surface area contributed by atoms with Crippen molar-refractivity contribution in [3.05, 3.63) is 87.6 Å². The molecule has 1 fully saturated rings. The fourth-order valence-electron chi connectivity index (χ4n) is 5.30. The molecule has 4 heterocycles. The van der Waals surface area contributed by atoms with E-state index in [0.717, 1.165) is 15.9 Å². The maximum Gasteiger partial charge on any atom is 0.420 e. The van der Waals surface area contributed by atoms with Gasteiger partial charge in [0.2, 0.25) is 0 Å². The van der Waals surface area contributed by atoms with Crippen molar-refractivity contribution in [3.8, 4) is 0 Å². The number of likely N-dealkylation sites (tertiary alicyclic amines) is 1. The summed E-state index contributed by atoms with van der Waals surface area (Å²) in [5, 5.41) is 7.00. The lowest BCUT2D eigenvalue weighted by Crippen LogP contribution is -2.51. The Balaban J connectivity index is 1.43. The highest BCUT2D eigenvalue weighted by molar-refractivity contribution is 6.33. The van der Waals surface area contributed by atoms with Gasteiger partial charge in [-0.25, -0.2) is 4.98 Å². The van der Waals surface area contributed by atoms with E-state index in [0.29, 0.717) is 29.2 Å². The third kappa shape index (κ3) is 4.98. The van der Waals surface area contributed by atoms with E-state index >= 15 is 0 Å². The number of carbonyl (C=O) groups is 2. The number of aromatic nitrogens is 4. The van der Waals surface area contributed by atoms with Crippen LogP contribution in [-0.4, -0.2) is 55.0 Å². The quantitative estimate of drug-likeness (QED) is 0.390. The molecule has 0 spiro atoms. The van der Waals surface area contributed by atoms with Gasteiger partial charge in [0.25, 0.3) is 11.8 Å². The van der Waals surface area contributed by atoms with Crippen molar-refractivity contribution in [2.75, 3.05) is 13.1 Å². The number of aryl methyl sites for hydroxylation is 3. The highest BCUT2D eigenvalue weighted by atomic mass is 35.5. The van der Waals surface area contributed by atoms with E-state index < -0.39 is 29.4 Å². The molecule has 2 amide bonds. The maximum atomic E-state index is 13.7. The summed E-state index contributed by atoms with van der Waals surface area (Å²) in [6.45, 7) is 3.63. The number of benzene rings is 1. The topological polar surface area (TPSA) is 84.5 Å². The van der Waals surface area contributed by atoms with E-state index in [1.165, 1.54) is 14.0 Å². The molecule has 0 unspecified atom stereocenters. The van der Waals surface area contributed by atoms with Gasteiger partial charge in [-0.1, -0.05) is 41.9 Å². The Morgan fingerprint density at radius 1 is 1.15 bits per heavy atom. The first kappa shape index (κ1) is 26.7. The predicted octanol–water partition coefficient (Wildman–Crippen LogP) is 4.79. The number of hydrogen-bond donors (Lipinski definition) is 1. The minimum absolute atomic E-state index is 0.237. The molecule has 0 aliphatic carbocycles. The first-order valence-corrected chi connectivity index (χ1v) is 12.7. The molecule has 8 nitrogen and oxygen atoms in total. The lowest BCUT2D eigenvalue weighted by atomic mass is 9.85. The number of pyridine rings is 1. The van der Waals surface area contributed by atoms with Crippen molar-refractivity contribution in [2.24, 2.45) is 7.05 Å². The number of piperidine rings is 1. The zero-order valence-electron chi connectivity index (χ0n) is 21.5. The van der Waals surface area contributed by atoms with E-state index in [9.17, 15) is 22.8 Å². The summed E-state index contributed by atoms with van der Waals surface area (Å²) in [6.07, 6.45) is -1.02. The molecule has 0 radical (unpaired) electrons. The third-order valence-electron chi connectivity index (χ3n) is 7.16. The smallest absolute Gasteiger partial charge is 0.347 e. The molecule has 0 saturated carbocycles. The maximum absolute atomic E-state index is 13.7. The lowest BCUT2D eigenvalue weighted by molar-refractivity contribution is -0.138. The highest BCUT2D eigenvalue weighted by Gasteiger charge is 2.42. The molecule has 204 valence electrons. The number of imidazole rings is 1. The Labute approximate surface area is 227 Å². The number of alkyl halides is 3. The van der Waals surface area contributed by atoms with Gasteiger partial charge in [-0.3, -0.25) is 14.3 Å². The molecule has 39 heavy (non-hydrogen) atoms. The number of halogens is 4. The van der Waals surface area contributed by atoms with Crippen molar-refractivity contribution in [3.63, 3.8) is 0 Å². The number of fused-ring (bicyclic) bond motifs is 1. The number of carbonyl (C=O) groups excluding carboxylic acids is 2. The van der Waals surface area contributed by atoms with Gasteiger partial charge in [0.05, 0.1) is 16.3 Å². The number of nitrogens with zero attached hydrogens (tertiary/aromatic N) is 5. The van der Waals surface area contributed by atoms with E-state index in [1.807, 2.05) is 37.3 Å². The van der Waals surface area contributed by atoms with E-state index in [1.54, 1.807) is 27.8 Å². The van der Waals surface area contributed by atoms with Gasteiger partial charge in [0.15, 0.2) is 5.65 Å². The first-order chi connectivity index (χ1) is 18.5. The average Bonchev–Trinajstić information content (AvgIpc) is 3.42. The van der Waals surface area contributed by atoms with Crippen molar-refractivity contribution in [1.29, 1.82) is 0 Å². The van der Waals surface area contributed by atoms with Crippen LogP contribution in [0.5, 0.6) is 0 Å². The Bertz CT molecular complexity index is 1560. The van der Waals surface area contributed by atoms with Crippen LogP contribution < -0.4 is 5.32 Å². The molecule has 1 aliphatic heterocycles. The Hall–Kier alpha value is -3.86. The Morgan fingerprint density at radius 2 is 1.87 bits per heavy atom. The second-order valence-electron chi connectivity index (χ2n) is 9.74. The summed E-state index contributed by atoms with van der Waals surface area (Å²) in [6, 6.07) is 10.4. The molecular weight excluding hydrogens is 533 g/mol. The molecule has 5 rings (SSSR count). The normalized spacial score (nSPS) is 18.0. The molecule has 1 saturated heterocycles.